The summed E-state index contributed by atoms with van der Waals surface area (Å²) in [6, 6.07) is 11.4. The zero-order valence-corrected chi connectivity index (χ0v) is 15.5. The van der Waals surface area contributed by atoms with E-state index in [1.807, 2.05) is 35.7 Å². The SMILES string of the molecule is C#CCNS(=O)(=O)c1ccc(C(=O)NCc2cn3c(C)cccc3n2)cc1. The Kier molecular flexibility index (Phi) is 5.26. The molecule has 138 valence electrons. The number of hydrogen-bond acceptors (Lipinski definition) is 4. The van der Waals surface area contributed by atoms with Crippen molar-refractivity contribution in [2.45, 2.75) is 18.4 Å². The minimum Gasteiger partial charge on any atom is -0.346 e. The number of imidazole rings is 1. The lowest BCUT2D eigenvalue weighted by molar-refractivity contribution is 0.0950. The van der Waals surface area contributed by atoms with E-state index in [2.05, 4.69) is 20.9 Å². The number of carbonyl (C=O) groups excluding carboxylic acids is 1. The number of sulfonamides is 1. The van der Waals surface area contributed by atoms with Gasteiger partial charge in [-0.1, -0.05) is 12.0 Å². The molecular weight excluding hydrogens is 364 g/mol. The molecule has 27 heavy (non-hydrogen) atoms. The molecule has 2 N–H and O–H groups in total. The number of pyridine rings is 1. The summed E-state index contributed by atoms with van der Waals surface area (Å²) in [6.45, 7) is 2.15. The predicted molar refractivity (Wildman–Crippen MR) is 102 cm³/mol. The van der Waals surface area contributed by atoms with Crippen molar-refractivity contribution in [2.24, 2.45) is 0 Å². The normalized spacial score (nSPS) is 11.3. The molecule has 1 amide bonds. The maximum atomic E-state index is 12.3. The fourth-order valence-electron chi connectivity index (χ4n) is 2.56. The molecule has 0 fully saturated rings. The Bertz CT molecular complexity index is 1130. The van der Waals surface area contributed by atoms with Gasteiger partial charge in [0.2, 0.25) is 10.0 Å². The highest BCUT2D eigenvalue weighted by atomic mass is 32.2. The molecule has 0 bridgehead atoms. The quantitative estimate of drug-likeness (QED) is 0.632. The van der Waals surface area contributed by atoms with Crippen molar-refractivity contribution in [3.8, 4) is 12.3 Å². The molecule has 0 atom stereocenters. The van der Waals surface area contributed by atoms with E-state index in [4.69, 9.17) is 6.42 Å². The minimum absolute atomic E-state index is 0.0464. The molecule has 8 heteroatoms. The number of rotatable bonds is 6. The van der Waals surface area contributed by atoms with Crippen molar-refractivity contribution in [1.29, 1.82) is 0 Å². The van der Waals surface area contributed by atoms with Gasteiger partial charge in [0.05, 0.1) is 23.7 Å². The zero-order valence-electron chi connectivity index (χ0n) is 14.6. The van der Waals surface area contributed by atoms with Crippen LogP contribution in [0, 0.1) is 19.3 Å². The third-order valence-electron chi connectivity index (χ3n) is 3.97. The van der Waals surface area contributed by atoms with Crippen LogP contribution in [0.1, 0.15) is 21.7 Å². The number of nitrogens with zero attached hydrogens (tertiary/aromatic N) is 2. The van der Waals surface area contributed by atoms with Crippen LogP contribution in [0.15, 0.2) is 53.6 Å². The summed E-state index contributed by atoms with van der Waals surface area (Å²) in [5.41, 5.74) is 2.95. The van der Waals surface area contributed by atoms with Crippen molar-refractivity contribution < 1.29 is 13.2 Å². The highest BCUT2D eigenvalue weighted by Crippen LogP contribution is 2.11. The van der Waals surface area contributed by atoms with E-state index < -0.39 is 10.0 Å². The number of aromatic nitrogens is 2. The van der Waals surface area contributed by atoms with Crippen molar-refractivity contribution in [2.75, 3.05) is 6.54 Å². The van der Waals surface area contributed by atoms with Crippen LogP contribution in [0.25, 0.3) is 5.65 Å². The Morgan fingerprint density at radius 3 is 2.63 bits per heavy atom. The second-order valence-corrected chi connectivity index (χ2v) is 7.63. The third kappa shape index (κ3) is 4.16. The predicted octanol–water partition coefficient (Wildman–Crippen LogP) is 1.48. The fourth-order valence-corrected chi connectivity index (χ4v) is 3.50. The lowest BCUT2D eigenvalue weighted by Gasteiger charge is -2.06. The van der Waals surface area contributed by atoms with Gasteiger partial charge in [0, 0.05) is 17.5 Å². The first-order valence-corrected chi connectivity index (χ1v) is 9.64. The zero-order chi connectivity index (χ0) is 19.4. The molecule has 0 radical (unpaired) electrons. The van der Waals surface area contributed by atoms with Gasteiger partial charge < -0.3 is 9.72 Å². The van der Waals surface area contributed by atoms with Gasteiger partial charge in [-0.2, -0.15) is 4.72 Å². The average molecular weight is 382 g/mol. The van der Waals surface area contributed by atoms with Crippen molar-refractivity contribution in [1.82, 2.24) is 19.4 Å². The number of fused-ring (bicyclic) bond motifs is 1. The molecule has 0 saturated carbocycles. The van der Waals surface area contributed by atoms with Crippen LogP contribution < -0.4 is 10.0 Å². The number of terminal acetylenes is 1. The van der Waals surface area contributed by atoms with Crippen LogP contribution in [-0.2, 0) is 16.6 Å². The molecule has 0 aliphatic heterocycles. The first kappa shape index (κ1) is 18.6. The topological polar surface area (TPSA) is 92.6 Å². The van der Waals surface area contributed by atoms with Gasteiger partial charge in [0.15, 0.2) is 0 Å². The first-order valence-electron chi connectivity index (χ1n) is 8.16. The van der Waals surface area contributed by atoms with Gasteiger partial charge in [0.25, 0.3) is 5.91 Å². The van der Waals surface area contributed by atoms with E-state index in [0.717, 1.165) is 17.0 Å². The maximum absolute atomic E-state index is 12.3. The van der Waals surface area contributed by atoms with Gasteiger partial charge in [-0.05, 0) is 43.3 Å². The Hall–Kier alpha value is -3.15. The average Bonchev–Trinajstić information content (AvgIpc) is 3.09. The molecule has 7 nitrogen and oxygen atoms in total. The molecule has 1 aromatic carbocycles. The molecule has 3 rings (SSSR count). The first-order chi connectivity index (χ1) is 12.9. The van der Waals surface area contributed by atoms with Crippen LogP contribution in [-0.4, -0.2) is 30.3 Å². The van der Waals surface area contributed by atoms with Crippen LogP contribution in [0.4, 0.5) is 0 Å². The molecule has 0 spiro atoms. The van der Waals surface area contributed by atoms with E-state index in [1.165, 1.54) is 24.3 Å². The summed E-state index contributed by atoms with van der Waals surface area (Å²) in [5, 5.41) is 2.78. The summed E-state index contributed by atoms with van der Waals surface area (Å²) in [5.74, 6) is 1.89. The smallest absolute Gasteiger partial charge is 0.251 e. The molecule has 2 heterocycles. The Balaban J connectivity index is 1.67. The number of hydrogen-bond donors (Lipinski definition) is 2. The second-order valence-electron chi connectivity index (χ2n) is 5.86. The number of amides is 1. The summed E-state index contributed by atoms with van der Waals surface area (Å²) in [6.07, 6.45) is 6.93. The van der Waals surface area contributed by atoms with Crippen LogP contribution in [0.2, 0.25) is 0 Å². The Labute approximate surface area is 157 Å². The van der Waals surface area contributed by atoms with Gasteiger partial charge in [-0.3, -0.25) is 4.79 Å². The highest BCUT2D eigenvalue weighted by molar-refractivity contribution is 7.89. The lowest BCUT2D eigenvalue weighted by atomic mass is 10.2. The summed E-state index contributed by atoms with van der Waals surface area (Å²) in [4.78, 5) is 16.8. The number of nitrogens with one attached hydrogen (secondary N) is 2. The minimum atomic E-state index is -3.68. The Morgan fingerprint density at radius 2 is 1.96 bits per heavy atom. The van der Waals surface area contributed by atoms with Crippen LogP contribution in [0.5, 0.6) is 0 Å². The van der Waals surface area contributed by atoms with E-state index in [1.54, 1.807) is 0 Å². The molecule has 0 unspecified atom stereocenters. The fraction of sp³-hybridized carbons (Fsp3) is 0.158. The summed E-state index contributed by atoms with van der Waals surface area (Å²) < 4.78 is 28.2. The van der Waals surface area contributed by atoms with Gasteiger partial charge in [-0.25, -0.2) is 13.4 Å². The van der Waals surface area contributed by atoms with Crippen LogP contribution in [0.3, 0.4) is 0 Å². The monoisotopic (exact) mass is 382 g/mol. The van der Waals surface area contributed by atoms with E-state index in [-0.39, 0.29) is 23.9 Å². The molecular formula is C19H18N4O3S. The molecule has 3 aromatic rings. The van der Waals surface area contributed by atoms with Gasteiger partial charge in [0.1, 0.15) is 5.65 Å². The summed E-state index contributed by atoms with van der Waals surface area (Å²) >= 11 is 0. The van der Waals surface area contributed by atoms with Crippen LogP contribution >= 0.6 is 0 Å². The number of benzene rings is 1. The maximum Gasteiger partial charge on any atom is 0.251 e. The molecule has 0 saturated heterocycles. The molecule has 0 aliphatic carbocycles. The van der Waals surface area contributed by atoms with E-state index in [9.17, 15) is 13.2 Å². The van der Waals surface area contributed by atoms with Crippen molar-refractivity contribution >= 4 is 21.6 Å². The molecule has 2 aromatic heterocycles. The molecule has 0 aliphatic rings. The second kappa shape index (κ2) is 7.61. The van der Waals surface area contributed by atoms with Crippen molar-refractivity contribution in [3.63, 3.8) is 0 Å². The number of carbonyl (C=O) groups is 1. The third-order valence-corrected chi connectivity index (χ3v) is 5.38. The van der Waals surface area contributed by atoms with E-state index >= 15 is 0 Å². The van der Waals surface area contributed by atoms with Crippen molar-refractivity contribution in [3.05, 3.63) is 65.6 Å². The number of aryl methyl sites for hydroxylation is 1. The van der Waals surface area contributed by atoms with E-state index in [0.29, 0.717) is 5.56 Å². The van der Waals surface area contributed by atoms with Gasteiger partial charge in [-0.15, -0.1) is 6.42 Å². The standard InChI is InChI=1S/C19H18N4O3S/c1-3-11-21-27(25,26)17-9-7-15(8-10-17)19(24)20-12-16-13-23-14(2)5-4-6-18(23)22-16/h1,4-10,13,21H,11-12H2,2H3,(H,20,24). The highest BCUT2D eigenvalue weighted by Gasteiger charge is 2.14. The largest absolute Gasteiger partial charge is 0.346 e. The van der Waals surface area contributed by atoms with Gasteiger partial charge >= 0.3 is 0 Å². The summed E-state index contributed by atoms with van der Waals surface area (Å²) in [7, 11) is -3.68. The Morgan fingerprint density at radius 1 is 1.22 bits per heavy atom. The lowest BCUT2D eigenvalue weighted by Crippen LogP contribution is -2.25.